The lowest BCUT2D eigenvalue weighted by Gasteiger charge is -2.40. The van der Waals surface area contributed by atoms with Gasteiger partial charge in [-0.1, -0.05) is 11.6 Å². The SMILES string of the molecule is CSc1nc2c(F)c(Cl)ncc2c2c1cc([C@H]1CCCN1C(C)=O)n2[C@H]1[C@@H]2C[C@H]1N(C(=O)O)C2. The van der Waals surface area contributed by atoms with E-state index in [4.69, 9.17) is 11.6 Å². The molecule has 6 heterocycles. The average Bonchev–Trinajstić information content (AvgIpc) is 3.57. The van der Waals surface area contributed by atoms with Gasteiger partial charge in [0.1, 0.15) is 10.5 Å². The largest absolute Gasteiger partial charge is 0.465 e. The number of aromatic nitrogens is 3. The molecule has 1 N–H and O–H groups in total. The van der Waals surface area contributed by atoms with E-state index in [1.54, 1.807) is 13.1 Å². The van der Waals surface area contributed by atoms with Crippen molar-refractivity contribution in [2.45, 2.75) is 49.3 Å². The summed E-state index contributed by atoms with van der Waals surface area (Å²) < 4.78 is 17.2. The molecule has 1 aliphatic carbocycles. The molecule has 3 aliphatic heterocycles. The summed E-state index contributed by atoms with van der Waals surface area (Å²) in [6.45, 7) is 2.73. The van der Waals surface area contributed by atoms with E-state index in [2.05, 4.69) is 20.6 Å². The first kappa shape index (κ1) is 21.9. The molecule has 34 heavy (non-hydrogen) atoms. The predicted octanol–water partition coefficient (Wildman–Crippen LogP) is 4.71. The standard InChI is InChI=1S/C23H23ClFN5O3S/c1-10(31)28-5-3-4-14(28)15-7-12-20(30(15)19-11-6-16(19)29(9-11)23(32)33)13-8-26-21(24)17(25)18(13)27-22(12)34-2/h7-8,11,14,16,19H,3-6,9H2,1-2H3,(H,32,33)/t11-,14-,16-,19+/m1/s1. The van der Waals surface area contributed by atoms with E-state index in [-0.39, 0.29) is 40.6 Å². The van der Waals surface area contributed by atoms with Crippen molar-refractivity contribution in [2.24, 2.45) is 5.92 Å². The molecule has 0 aromatic carbocycles. The highest BCUT2D eigenvalue weighted by Crippen LogP contribution is 2.53. The molecule has 2 bridgehead atoms. The molecule has 11 heteroatoms. The Kier molecular flexibility index (Phi) is 4.97. The predicted molar refractivity (Wildman–Crippen MR) is 127 cm³/mol. The molecular formula is C23H23ClFN5O3S. The Bertz CT molecular complexity index is 1380. The van der Waals surface area contributed by atoms with Crippen molar-refractivity contribution in [2.75, 3.05) is 19.3 Å². The molecule has 0 radical (unpaired) electrons. The molecule has 0 spiro atoms. The first-order valence-electron chi connectivity index (χ1n) is 11.3. The summed E-state index contributed by atoms with van der Waals surface area (Å²) in [5.41, 5.74) is 1.89. The van der Waals surface area contributed by atoms with Gasteiger partial charge < -0.3 is 19.5 Å². The van der Waals surface area contributed by atoms with Gasteiger partial charge in [0, 0.05) is 48.6 Å². The average molecular weight is 504 g/mol. The van der Waals surface area contributed by atoms with Crippen LogP contribution in [0.5, 0.6) is 0 Å². The number of pyridine rings is 2. The fraction of sp³-hybridized carbons (Fsp3) is 0.478. The molecule has 8 nitrogen and oxygen atoms in total. The van der Waals surface area contributed by atoms with Gasteiger partial charge >= 0.3 is 6.09 Å². The number of thioether (sulfide) groups is 1. The number of nitrogens with zero attached hydrogens (tertiary/aromatic N) is 5. The molecule has 3 saturated heterocycles. The molecule has 2 amide bonds. The number of fused-ring (bicyclic) bond motifs is 4. The van der Waals surface area contributed by atoms with Gasteiger partial charge in [0.2, 0.25) is 5.91 Å². The van der Waals surface area contributed by atoms with Gasteiger partial charge in [-0.3, -0.25) is 4.79 Å². The van der Waals surface area contributed by atoms with Crippen molar-refractivity contribution in [3.05, 3.63) is 28.9 Å². The number of likely N-dealkylation sites (tertiary alicyclic amines) is 1. The number of rotatable bonds is 3. The van der Waals surface area contributed by atoms with Crippen LogP contribution >= 0.6 is 23.4 Å². The maximum Gasteiger partial charge on any atom is 0.407 e. The molecule has 0 unspecified atom stereocenters. The fourth-order valence-electron chi connectivity index (χ4n) is 6.26. The Hall–Kier alpha value is -2.59. The molecule has 4 fully saturated rings. The van der Waals surface area contributed by atoms with Crippen LogP contribution in [0, 0.1) is 11.7 Å². The van der Waals surface area contributed by atoms with Crippen molar-refractivity contribution < 1.29 is 19.1 Å². The van der Waals surface area contributed by atoms with Gasteiger partial charge in [0.25, 0.3) is 0 Å². The van der Waals surface area contributed by atoms with Crippen molar-refractivity contribution in [1.29, 1.82) is 0 Å². The lowest BCUT2D eigenvalue weighted by molar-refractivity contribution is -0.129. The molecule has 4 atom stereocenters. The number of hydrogen-bond acceptors (Lipinski definition) is 5. The first-order chi connectivity index (χ1) is 16.3. The molecule has 3 aromatic rings. The summed E-state index contributed by atoms with van der Waals surface area (Å²) in [6, 6.07) is 1.69. The van der Waals surface area contributed by atoms with E-state index in [9.17, 15) is 14.7 Å². The van der Waals surface area contributed by atoms with Crippen LogP contribution < -0.4 is 0 Å². The van der Waals surface area contributed by atoms with Crippen LogP contribution in [-0.2, 0) is 4.79 Å². The molecule has 178 valence electrons. The topological polar surface area (TPSA) is 91.6 Å². The quantitative estimate of drug-likeness (QED) is 0.411. The third-order valence-electron chi connectivity index (χ3n) is 7.71. The highest BCUT2D eigenvalue weighted by Gasteiger charge is 2.56. The minimum atomic E-state index is -0.921. The summed E-state index contributed by atoms with van der Waals surface area (Å²) in [4.78, 5) is 36.4. The second-order valence-electron chi connectivity index (χ2n) is 9.31. The zero-order chi connectivity index (χ0) is 23.9. The van der Waals surface area contributed by atoms with Crippen LogP contribution in [0.25, 0.3) is 21.8 Å². The zero-order valence-corrected chi connectivity index (χ0v) is 20.2. The Morgan fingerprint density at radius 1 is 1.29 bits per heavy atom. The van der Waals surface area contributed by atoms with Gasteiger partial charge in [-0.15, -0.1) is 11.8 Å². The van der Waals surface area contributed by atoms with Crippen LogP contribution in [0.4, 0.5) is 9.18 Å². The summed E-state index contributed by atoms with van der Waals surface area (Å²) in [5.74, 6) is -0.495. The normalized spacial score (nSPS) is 26.0. The summed E-state index contributed by atoms with van der Waals surface area (Å²) in [6.07, 6.45) is 5.03. The fourth-order valence-corrected chi connectivity index (χ4v) is 6.96. The van der Waals surface area contributed by atoms with Crippen molar-refractivity contribution >= 4 is 57.2 Å². The number of carbonyl (C=O) groups is 2. The molecule has 4 aliphatic rings. The van der Waals surface area contributed by atoms with Crippen molar-refractivity contribution in [3.8, 4) is 0 Å². The summed E-state index contributed by atoms with van der Waals surface area (Å²) >= 11 is 7.41. The second kappa shape index (κ2) is 7.71. The summed E-state index contributed by atoms with van der Waals surface area (Å²) in [7, 11) is 0. The van der Waals surface area contributed by atoms with E-state index in [0.29, 0.717) is 23.5 Å². The van der Waals surface area contributed by atoms with Crippen molar-refractivity contribution in [1.82, 2.24) is 24.3 Å². The van der Waals surface area contributed by atoms with Gasteiger partial charge in [-0.05, 0) is 31.6 Å². The van der Waals surface area contributed by atoms with E-state index in [1.165, 1.54) is 16.7 Å². The highest BCUT2D eigenvalue weighted by atomic mass is 35.5. The second-order valence-corrected chi connectivity index (χ2v) is 10.5. The van der Waals surface area contributed by atoms with Gasteiger partial charge in [0.15, 0.2) is 11.0 Å². The van der Waals surface area contributed by atoms with Crippen LogP contribution in [0.15, 0.2) is 17.3 Å². The van der Waals surface area contributed by atoms with E-state index in [0.717, 1.165) is 35.9 Å². The van der Waals surface area contributed by atoms with E-state index < -0.39 is 11.9 Å². The van der Waals surface area contributed by atoms with Crippen LogP contribution in [-0.4, -0.2) is 66.8 Å². The van der Waals surface area contributed by atoms with Gasteiger partial charge in [-0.25, -0.2) is 19.2 Å². The molecule has 3 aromatic heterocycles. The van der Waals surface area contributed by atoms with Crippen molar-refractivity contribution in [3.63, 3.8) is 0 Å². The Balaban J connectivity index is 1.67. The zero-order valence-electron chi connectivity index (χ0n) is 18.7. The number of carboxylic acid groups (broad SMARTS) is 1. The Labute approximate surface area is 204 Å². The first-order valence-corrected chi connectivity index (χ1v) is 12.9. The van der Waals surface area contributed by atoms with Crippen LogP contribution in [0.2, 0.25) is 5.15 Å². The third kappa shape index (κ3) is 2.90. The smallest absolute Gasteiger partial charge is 0.407 e. The molecule has 1 saturated carbocycles. The third-order valence-corrected chi connectivity index (χ3v) is 8.67. The number of halogens is 2. The maximum absolute atomic E-state index is 15.1. The van der Waals surface area contributed by atoms with E-state index >= 15 is 4.39 Å². The van der Waals surface area contributed by atoms with Crippen LogP contribution in [0.3, 0.4) is 0 Å². The Morgan fingerprint density at radius 2 is 2.09 bits per heavy atom. The minimum absolute atomic E-state index is 0.00983. The lowest BCUT2D eigenvalue weighted by atomic mass is 9.79. The van der Waals surface area contributed by atoms with E-state index in [1.807, 2.05) is 11.2 Å². The van der Waals surface area contributed by atoms with Crippen LogP contribution in [0.1, 0.15) is 44.0 Å². The molecule has 7 rings (SSSR count). The number of carbonyl (C=O) groups excluding carboxylic acids is 1. The van der Waals surface area contributed by atoms with Gasteiger partial charge in [-0.2, -0.15) is 0 Å². The summed E-state index contributed by atoms with van der Waals surface area (Å²) in [5, 5.41) is 11.6. The maximum atomic E-state index is 15.1. The minimum Gasteiger partial charge on any atom is -0.465 e. The lowest BCUT2D eigenvalue weighted by Crippen LogP contribution is -2.43. The Morgan fingerprint density at radius 3 is 2.76 bits per heavy atom. The van der Waals surface area contributed by atoms with Gasteiger partial charge in [0.05, 0.1) is 23.6 Å². The molecular weight excluding hydrogens is 481 g/mol. The monoisotopic (exact) mass is 503 g/mol. The number of amides is 2. The number of hydrogen-bond donors (Lipinski definition) is 1. The highest BCUT2D eigenvalue weighted by molar-refractivity contribution is 7.98.